The monoisotopic (exact) mass is 363 g/mol. The van der Waals surface area contributed by atoms with Crippen LogP contribution in [0, 0.1) is 11.7 Å². The van der Waals surface area contributed by atoms with Gasteiger partial charge in [-0.05, 0) is 57.3 Å². The number of nitrogens with zero attached hydrogens (tertiary/aromatic N) is 1. The number of carbonyl (C=O) groups excluding carboxylic acids is 2. The maximum absolute atomic E-state index is 13.6. The third-order valence-corrected chi connectivity index (χ3v) is 5.03. The summed E-state index contributed by atoms with van der Waals surface area (Å²) < 4.78 is 13.6. The van der Waals surface area contributed by atoms with Gasteiger partial charge in [0.05, 0.1) is 6.04 Å². The number of hydrogen-bond donors (Lipinski definition) is 2. The summed E-state index contributed by atoms with van der Waals surface area (Å²) in [5.74, 6) is -0.174. The Morgan fingerprint density at radius 1 is 1.19 bits per heavy atom. The molecule has 1 saturated heterocycles. The first-order chi connectivity index (χ1) is 12.5. The first-order valence-corrected chi connectivity index (χ1v) is 9.55. The van der Waals surface area contributed by atoms with E-state index >= 15 is 0 Å². The highest BCUT2D eigenvalue weighted by atomic mass is 19.1. The zero-order valence-corrected chi connectivity index (χ0v) is 15.8. The van der Waals surface area contributed by atoms with Crippen molar-refractivity contribution in [2.24, 2.45) is 5.92 Å². The van der Waals surface area contributed by atoms with E-state index in [2.05, 4.69) is 15.5 Å². The van der Waals surface area contributed by atoms with Crippen LogP contribution in [0.3, 0.4) is 0 Å². The predicted octanol–water partition coefficient (Wildman–Crippen LogP) is 2.11. The molecular weight excluding hydrogens is 333 g/mol. The van der Waals surface area contributed by atoms with E-state index in [1.54, 1.807) is 18.2 Å². The summed E-state index contributed by atoms with van der Waals surface area (Å²) in [5.41, 5.74) is 0.620. The lowest BCUT2D eigenvalue weighted by Crippen LogP contribution is -2.50. The maximum Gasteiger partial charge on any atom is 0.237 e. The van der Waals surface area contributed by atoms with E-state index in [1.165, 1.54) is 6.07 Å². The molecule has 1 aromatic carbocycles. The Labute approximate surface area is 155 Å². The third-order valence-electron chi connectivity index (χ3n) is 5.03. The average molecular weight is 363 g/mol. The number of piperidine rings is 1. The highest BCUT2D eigenvalue weighted by molar-refractivity contribution is 5.81. The first kappa shape index (κ1) is 20.4. The summed E-state index contributed by atoms with van der Waals surface area (Å²) >= 11 is 0. The van der Waals surface area contributed by atoms with Crippen LogP contribution in [0.25, 0.3) is 0 Å². The lowest BCUT2D eigenvalue weighted by atomic mass is 9.94. The fourth-order valence-corrected chi connectivity index (χ4v) is 3.28. The molecule has 144 valence electrons. The van der Waals surface area contributed by atoms with Crippen LogP contribution in [0.4, 0.5) is 4.39 Å². The van der Waals surface area contributed by atoms with Crippen LogP contribution in [0.2, 0.25) is 0 Å². The van der Waals surface area contributed by atoms with Gasteiger partial charge in [-0.3, -0.25) is 14.5 Å². The van der Waals surface area contributed by atoms with E-state index in [0.29, 0.717) is 25.1 Å². The number of hydrogen-bond acceptors (Lipinski definition) is 3. The van der Waals surface area contributed by atoms with Crippen LogP contribution in [-0.4, -0.2) is 48.9 Å². The van der Waals surface area contributed by atoms with Gasteiger partial charge in [-0.15, -0.1) is 0 Å². The van der Waals surface area contributed by atoms with E-state index in [1.807, 2.05) is 13.8 Å². The van der Waals surface area contributed by atoms with Gasteiger partial charge < -0.3 is 10.6 Å². The summed E-state index contributed by atoms with van der Waals surface area (Å²) in [6.07, 6.45) is 2.91. The molecule has 1 aliphatic rings. The predicted molar refractivity (Wildman–Crippen MR) is 100 cm³/mol. The Kier molecular flexibility index (Phi) is 8.04. The van der Waals surface area contributed by atoms with E-state index in [0.717, 1.165) is 32.4 Å². The molecule has 6 heteroatoms. The fourth-order valence-electron chi connectivity index (χ4n) is 3.28. The number of halogens is 1. The van der Waals surface area contributed by atoms with E-state index < -0.39 is 0 Å². The molecule has 1 atom stereocenters. The van der Waals surface area contributed by atoms with Crippen LogP contribution in [0.5, 0.6) is 0 Å². The van der Waals surface area contributed by atoms with Gasteiger partial charge in [-0.1, -0.05) is 25.1 Å². The van der Waals surface area contributed by atoms with E-state index in [9.17, 15) is 14.0 Å². The third kappa shape index (κ3) is 5.80. The van der Waals surface area contributed by atoms with Gasteiger partial charge in [0.25, 0.3) is 0 Å². The van der Waals surface area contributed by atoms with E-state index in [4.69, 9.17) is 0 Å². The fraction of sp³-hybridized carbons (Fsp3) is 0.600. The average Bonchev–Trinajstić information content (AvgIpc) is 2.67. The normalized spacial score (nSPS) is 16.9. The second kappa shape index (κ2) is 10.3. The highest BCUT2D eigenvalue weighted by Crippen LogP contribution is 2.19. The molecule has 2 rings (SSSR count). The standard InChI is InChI=1S/C20H30FN3O2/c1-3-11-22-19(25)15(2)24-13-9-17(10-14-24)20(26)23-12-8-16-6-4-5-7-18(16)21/h4-7,15,17H,3,8-14H2,1-2H3,(H,22,25)(H,23,26). The molecule has 1 fully saturated rings. The van der Waals surface area contributed by atoms with Gasteiger partial charge >= 0.3 is 0 Å². The van der Waals surface area contributed by atoms with Crippen LogP contribution in [0.15, 0.2) is 24.3 Å². The molecule has 26 heavy (non-hydrogen) atoms. The summed E-state index contributed by atoms with van der Waals surface area (Å²) in [5, 5.41) is 5.84. The van der Waals surface area contributed by atoms with E-state index in [-0.39, 0.29) is 29.6 Å². The molecule has 5 nitrogen and oxygen atoms in total. The largest absolute Gasteiger partial charge is 0.356 e. The Morgan fingerprint density at radius 2 is 1.88 bits per heavy atom. The summed E-state index contributed by atoms with van der Waals surface area (Å²) in [7, 11) is 0. The van der Waals surface area contributed by atoms with Crippen molar-refractivity contribution in [1.82, 2.24) is 15.5 Å². The highest BCUT2D eigenvalue weighted by Gasteiger charge is 2.29. The summed E-state index contributed by atoms with van der Waals surface area (Å²) in [6, 6.07) is 6.48. The van der Waals surface area contributed by atoms with Gasteiger partial charge in [-0.2, -0.15) is 0 Å². The second-order valence-corrected chi connectivity index (χ2v) is 6.91. The molecule has 1 unspecified atom stereocenters. The molecular formula is C20H30FN3O2. The van der Waals surface area contributed by atoms with Crippen molar-refractivity contribution in [2.75, 3.05) is 26.2 Å². The Hall–Kier alpha value is -1.95. The Morgan fingerprint density at radius 3 is 2.54 bits per heavy atom. The van der Waals surface area contributed by atoms with Crippen molar-refractivity contribution >= 4 is 11.8 Å². The molecule has 2 amide bonds. The maximum atomic E-state index is 13.6. The molecule has 2 N–H and O–H groups in total. The molecule has 1 aliphatic heterocycles. The molecule has 0 aromatic heterocycles. The zero-order chi connectivity index (χ0) is 18.9. The lowest BCUT2D eigenvalue weighted by molar-refractivity contribution is -0.128. The number of rotatable bonds is 8. The molecule has 0 spiro atoms. The van der Waals surface area contributed by atoms with Gasteiger partial charge in [0, 0.05) is 19.0 Å². The quantitative estimate of drug-likeness (QED) is 0.744. The molecule has 0 saturated carbocycles. The summed E-state index contributed by atoms with van der Waals surface area (Å²) in [4.78, 5) is 26.5. The molecule has 1 aromatic rings. The van der Waals surface area contributed by atoms with Crippen molar-refractivity contribution in [2.45, 2.75) is 45.6 Å². The van der Waals surface area contributed by atoms with Crippen molar-refractivity contribution in [1.29, 1.82) is 0 Å². The smallest absolute Gasteiger partial charge is 0.237 e. The SMILES string of the molecule is CCCNC(=O)C(C)N1CCC(C(=O)NCCc2ccccc2F)CC1. The van der Waals surface area contributed by atoms with Crippen molar-refractivity contribution in [3.8, 4) is 0 Å². The number of amides is 2. The minimum Gasteiger partial charge on any atom is -0.356 e. The van der Waals surface area contributed by atoms with Crippen molar-refractivity contribution in [3.63, 3.8) is 0 Å². The van der Waals surface area contributed by atoms with Crippen LogP contribution in [-0.2, 0) is 16.0 Å². The minimum atomic E-state index is -0.231. The van der Waals surface area contributed by atoms with Gasteiger partial charge in [0.1, 0.15) is 5.82 Å². The van der Waals surface area contributed by atoms with Crippen molar-refractivity contribution < 1.29 is 14.0 Å². The zero-order valence-electron chi connectivity index (χ0n) is 15.8. The Balaban J connectivity index is 1.71. The number of benzene rings is 1. The first-order valence-electron chi connectivity index (χ1n) is 9.55. The molecule has 0 aliphatic carbocycles. The summed E-state index contributed by atoms with van der Waals surface area (Å²) in [6.45, 7) is 6.57. The molecule has 0 radical (unpaired) electrons. The van der Waals surface area contributed by atoms with Crippen LogP contribution >= 0.6 is 0 Å². The second-order valence-electron chi connectivity index (χ2n) is 6.91. The molecule has 0 bridgehead atoms. The minimum absolute atomic E-state index is 0.0298. The Bertz CT molecular complexity index is 600. The number of nitrogens with one attached hydrogen (secondary N) is 2. The number of likely N-dealkylation sites (tertiary alicyclic amines) is 1. The topological polar surface area (TPSA) is 61.4 Å². The van der Waals surface area contributed by atoms with Crippen LogP contribution in [0.1, 0.15) is 38.7 Å². The van der Waals surface area contributed by atoms with Gasteiger partial charge in [0.15, 0.2) is 0 Å². The van der Waals surface area contributed by atoms with Gasteiger partial charge in [0.2, 0.25) is 11.8 Å². The van der Waals surface area contributed by atoms with Gasteiger partial charge in [-0.25, -0.2) is 4.39 Å². The lowest BCUT2D eigenvalue weighted by Gasteiger charge is -2.34. The van der Waals surface area contributed by atoms with Crippen molar-refractivity contribution in [3.05, 3.63) is 35.6 Å². The number of carbonyl (C=O) groups is 2. The molecule has 1 heterocycles. The van der Waals surface area contributed by atoms with Crippen LogP contribution < -0.4 is 10.6 Å².